The molecule has 19 heavy (non-hydrogen) atoms. The van der Waals surface area contributed by atoms with Crippen LogP contribution >= 0.6 is 0 Å². The van der Waals surface area contributed by atoms with Crippen LogP contribution in [0, 0.1) is 10.8 Å². The Labute approximate surface area is 106 Å². The largest absolute Gasteiger partial charge is 0.462 e. The van der Waals surface area contributed by atoms with E-state index in [0.717, 1.165) is 12.2 Å². The van der Waals surface area contributed by atoms with Crippen molar-refractivity contribution in [3.05, 3.63) is 23.7 Å². The molecule has 0 fully saturated rings. The van der Waals surface area contributed by atoms with Crippen LogP contribution in [0.15, 0.2) is 26.5 Å². The Morgan fingerprint density at radius 1 is 0.895 bits per heavy atom. The van der Waals surface area contributed by atoms with Crippen molar-refractivity contribution in [1.29, 1.82) is 10.8 Å². The van der Waals surface area contributed by atoms with Gasteiger partial charge in [0.2, 0.25) is 24.3 Å². The molecule has 0 atom stereocenters. The van der Waals surface area contributed by atoms with Crippen molar-refractivity contribution < 1.29 is 23.6 Å². The van der Waals surface area contributed by atoms with E-state index in [2.05, 4.69) is 9.98 Å². The Bertz CT molecular complexity index is 479. The summed E-state index contributed by atoms with van der Waals surface area (Å²) >= 11 is 0. The first kappa shape index (κ1) is 18.2. The highest BCUT2D eigenvalue weighted by molar-refractivity contribution is 5.33. The van der Waals surface area contributed by atoms with Crippen LogP contribution in [0.3, 0.4) is 0 Å². The van der Waals surface area contributed by atoms with E-state index in [1.165, 1.54) is 12.2 Å². The van der Waals surface area contributed by atoms with Crippen LogP contribution in [-0.4, -0.2) is 24.3 Å². The van der Waals surface area contributed by atoms with Crippen LogP contribution in [0.4, 0.5) is 0 Å². The average molecular weight is 264 g/mol. The van der Waals surface area contributed by atoms with Crippen LogP contribution in [0.1, 0.15) is 11.5 Å². The molecule has 0 aliphatic heterocycles. The lowest BCUT2D eigenvalue weighted by molar-refractivity contribution is 0.467. The van der Waals surface area contributed by atoms with Gasteiger partial charge in [0.1, 0.15) is 24.6 Å². The first-order valence-electron chi connectivity index (χ1n) is 4.42. The highest BCUT2D eigenvalue weighted by Gasteiger charge is 1.99. The van der Waals surface area contributed by atoms with Gasteiger partial charge in [-0.1, -0.05) is 0 Å². The van der Waals surface area contributed by atoms with Crippen molar-refractivity contribution in [3.63, 3.8) is 0 Å². The molecule has 1 aromatic heterocycles. The first-order valence-corrected chi connectivity index (χ1v) is 4.42. The zero-order chi connectivity index (χ0) is 14.9. The molecule has 2 N–H and O–H groups in total. The third kappa shape index (κ3) is 12.7. The lowest BCUT2D eigenvalue weighted by Gasteiger charge is -1.87. The monoisotopic (exact) mass is 264 g/mol. The van der Waals surface area contributed by atoms with E-state index in [0.29, 0.717) is 11.5 Å². The molecule has 1 aromatic rings. The minimum absolute atomic E-state index is 0.161. The maximum Gasteiger partial charge on any atom is 0.235 e. The number of nitrogens with one attached hydrogen (secondary N) is 2. The van der Waals surface area contributed by atoms with Crippen molar-refractivity contribution in [2.75, 3.05) is 0 Å². The maximum atomic E-state index is 9.75. The highest BCUT2D eigenvalue weighted by Crippen LogP contribution is 2.09. The van der Waals surface area contributed by atoms with Gasteiger partial charge in [0.15, 0.2) is 0 Å². The number of hydrogen-bond donors (Lipinski definition) is 2. The van der Waals surface area contributed by atoms with Crippen molar-refractivity contribution >= 4 is 24.3 Å². The van der Waals surface area contributed by atoms with E-state index in [-0.39, 0.29) is 13.1 Å². The molecular weight excluding hydrogens is 256 g/mol. The minimum atomic E-state index is 0.161. The summed E-state index contributed by atoms with van der Waals surface area (Å²) in [6.45, 7) is 0.322. The molecule has 0 radical (unpaired) electrons. The van der Waals surface area contributed by atoms with Crippen molar-refractivity contribution in [2.24, 2.45) is 9.98 Å². The van der Waals surface area contributed by atoms with Gasteiger partial charge in [0.25, 0.3) is 0 Å². The molecule has 0 spiro atoms. The van der Waals surface area contributed by atoms with Gasteiger partial charge < -0.3 is 4.42 Å². The molecule has 0 unspecified atom stereocenters. The molecule has 9 heteroatoms. The third-order valence-electron chi connectivity index (χ3n) is 1.32. The number of furan rings is 1. The van der Waals surface area contributed by atoms with Gasteiger partial charge in [-0.3, -0.25) is 0 Å². The van der Waals surface area contributed by atoms with E-state index in [1.54, 1.807) is 12.1 Å². The van der Waals surface area contributed by atoms with Gasteiger partial charge in [0, 0.05) is 0 Å². The Kier molecular flexibility index (Phi) is 14.2. The molecule has 0 saturated heterocycles. The Morgan fingerprint density at radius 3 is 1.47 bits per heavy atom. The van der Waals surface area contributed by atoms with Gasteiger partial charge in [-0.25, -0.2) is 30.0 Å². The lowest BCUT2D eigenvalue weighted by Crippen LogP contribution is -1.76. The highest BCUT2D eigenvalue weighted by atomic mass is 16.3. The first-order chi connectivity index (χ1) is 9.19. The molecular formula is C10H8N4O5. The average Bonchev–Trinajstić information content (AvgIpc) is 2.84. The molecule has 0 amide bonds. The Balaban J connectivity index is 0. The number of isocyanates is 4. The van der Waals surface area contributed by atoms with Gasteiger partial charge in [0.05, 0.1) is 0 Å². The summed E-state index contributed by atoms with van der Waals surface area (Å²) < 4.78 is 5.14. The molecule has 0 saturated carbocycles. The van der Waals surface area contributed by atoms with Crippen molar-refractivity contribution in [2.45, 2.75) is 13.1 Å². The molecule has 98 valence electrons. The molecule has 0 aromatic carbocycles. The van der Waals surface area contributed by atoms with Crippen LogP contribution in [0.2, 0.25) is 0 Å². The predicted molar refractivity (Wildman–Crippen MR) is 59.2 cm³/mol. The minimum Gasteiger partial charge on any atom is -0.462 e. The van der Waals surface area contributed by atoms with Gasteiger partial charge >= 0.3 is 0 Å². The standard InChI is InChI=1S/C8H6N2O3.2CHNO/c11-5-9-3-7-1-2-8(13-7)4-10-6-12;2*2-1-3/h1-2H,3-4H2;2*2H. The normalized spacial score (nSPS) is 6.74. The second-order valence-corrected chi connectivity index (χ2v) is 2.39. The van der Waals surface area contributed by atoms with E-state index in [9.17, 15) is 9.59 Å². The summed E-state index contributed by atoms with van der Waals surface area (Å²) in [5.41, 5.74) is 0. The summed E-state index contributed by atoms with van der Waals surface area (Å²) in [4.78, 5) is 42.9. The van der Waals surface area contributed by atoms with E-state index in [1.807, 2.05) is 0 Å². The number of carbonyl (C=O) groups excluding carboxylic acids is 4. The second kappa shape index (κ2) is 14.8. The summed E-state index contributed by atoms with van der Waals surface area (Å²) in [6.07, 6.45) is 4.30. The summed E-state index contributed by atoms with van der Waals surface area (Å²) in [6, 6.07) is 3.33. The van der Waals surface area contributed by atoms with E-state index < -0.39 is 0 Å². The zero-order valence-electron chi connectivity index (χ0n) is 9.50. The fourth-order valence-electron chi connectivity index (χ4n) is 0.813. The Morgan fingerprint density at radius 2 is 1.21 bits per heavy atom. The summed E-state index contributed by atoms with van der Waals surface area (Å²) in [5, 5.41) is 10.8. The summed E-state index contributed by atoms with van der Waals surface area (Å²) in [5.74, 6) is 1.08. The smallest absolute Gasteiger partial charge is 0.235 e. The van der Waals surface area contributed by atoms with Gasteiger partial charge in [-0.15, -0.1) is 0 Å². The predicted octanol–water partition coefficient (Wildman–Crippen LogP) is 0.753. The van der Waals surface area contributed by atoms with Crippen LogP contribution < -0.4 is 0 Å². The van der Waals surface area contributed by atoms with Gasteiger partial charge in [-0.2, -0.15) is 9.98 Å². The fourth-order valence-corrected chi connectivity index (χ4v) is 0.813. The van der Waals surface area contributed by atoms with E-state index in [4.69, 9.17) is 24.8 Å². The molecule has 9 nitrogen and oxygen atoms in total. The fraction of sp³-hybridized carbons (Fsp3) is 0.200. The van der Waals surface area contributed by atoms with Gasteiger partial charge in [-0.05, 0) is 12.1 Å². The molecule has 1 rings (SSSR count). The maximum absolute atomic E-state index is 9.75. The number of hydrogen-bond acceptors (Lipinski definition) is 9. The van der Waals surface area contributed by atoms with Crippen LogP contribution in [0.25, 0.3) is 0 Å². The molecule has 1 heterocycles. The molecule has 0 aliphatic carbocycles. The number of rotatable bonds is 4. The second-order valence-electron chi connectivity index (χ2n) is 2.39. The summed E-state index contributed by atoms with van der Waals surface area (Å²) in [7, 11) is 0. The third-order valence-corrected chi connectivity index (χ3v) is 1.32. The quantitative estimate of drug-likeness (QED) is 0.606. The van der Waals surface area contributed by atoms with Crippen LogP contribution in [-0.2, 0) is 32.3 Å². The van der Waals surface area contributed by atoms with Crippen molar-refractivity contribution in [1.82, 2.24) is 0 Å². The Hall–Kier alpha value is -3.20. The lowest BCUT2D eigenvalue weighted by atomic mass is 10.4. The van der Waals surface area contributed by atoms with E-state index >= 15 is 0 Å². The molecule has 0 aliphatic rings. The van der Waals surface area contributed by atoms with Crippen molar-refractivity contribution in [3.8, 4) is 0 Å². The van der Waals surface area contributed by atoms with Crippen LogP contribution in [0.5, 0.6) is 0 Å². The number of nitrogens with zero attached hydrogens (tertiary/aromatic N) is 2. The topological polar surface area (TPSA) is 154 Å². The zero-order valence-corrected chi connectivity index (χ0v) is 9.50. The SMILES string of the molecule is N=C=O.N=C=O.O=C=NCc1ccc(CN=C=O)o1. The number of aliphatic imine (C=N–C) groups is 2. The molecule has 0 bridgehead atoms.